The zero-order valence-electron chi connectivity index (χ0n) is 16.5. The van der Waals surface area contributed by atoms with Crippen LogP contribution in [0.2, 0.25) is 0 Å². The van der Waals surface area contributed by atoms with E-state index in [2.05, 4.69) is 5.32 Å². The van der Waals surface area contributed by atoms with Crippen LogP contribution in [0.25, 0.3) is 0 Å². The first-order valence-corrected chi connectivity index (χ1v) is 9.52. The summed E-state index contributed by atoms with van der Waals surface area (Å²) in [7, 11) is 1.16. The van der Waals surface area contributed by atoms with E-state index in [4.69, 9.17) is 0 Å². The minimum Gasteiger partial charge on any atom is -0.338 e. The summed E-state index contributed by atoms with van der Waals surface area (Å²) in [6, 6.07) is 6.55. The van der Waals surface area contributed by atoms with Crippen molar-refractivity contribution in [2.75, 3.05) is 25.0 Å². The van der Waals surface area contributed by atoms with Gasteiger partial charge >= 0.3 is 12.2 Å². The number of halogens is 5. The molecule has 0 radical (unpaired) electrons. The predicted octanol–water partition coefficient (Wildman–Crippen LogP) is 4.43. The van der Waals surface area contributed by atoms with Gasteiger partial charge in [-0.05, 0) is 43.2 Å². The van der Waals surface area contributed by atoms with Gasteiger partial charge in [0, 0.05) is 26.2 Å². The molecule has 0 bridgehead atoms. The fourth-order valence-electron chi connectivity index (χ4n) is 3.44. The molecule has 1 saturated heterocycles. The molecule has 0 aromatic heterocycles. The summed E-state index contributed by atoms with van der Waals surface area (Å²) in [5, 5.41) is 2.63. The zero-order valence-corrected chi connectivity index (χ0v) is 16.5. The van der Waals surface area contributed by atoms with E-state index in [-0.39, 0.29) is 24.7 Å². The monoisotopic (exact) mass is 441 g/mol. The SMILES string of the molecule is CN(C(=O)NC1CCN(C(=O)c2ccccc2F)CC1)c1ccc(F)cc1C(F)(F)F. The van der Waals surface area contributed by atoms with E-state index in [9.17, 15) is 31.5 Å². The Hall–Kier alpha value is -3.17. The molecular formula is C21H20F5N3O2. The maximum Gasteiger partial charge on any atom is 0.418 e. The standard InChI is InChI=1S/C21H20F5N3O2/c1-28(18-7-6-13(22)12-16(18)21(24,25)26)20(31)27-14-8-10-29(11-9-14)19(30)15-4-2-3-5-17(15)23/h2-7,12,14H,8-11H2,1H3,(H,27,31). The molecule has 2 aromatic carbocycles. The number of carbonyl (C=O) groups is 2. The van der Waals surface area contributed by atoms with Crippen molar-refractivity contribution in [3.8, 4) is 0 Å². The molecule has 1 aliphatic heterocycles. The highest BCUT2D eigenvalue weighted by atomic mass is 19.4. The molecule has 0 unspecified atom stereocenters. The fourth-order valence-corrected chi connectivity index (χ4v) is 3.44. The molecule has 2 aromatic rings. The topological polar surface area (TPSA) is 52.7 Å². The lowest BCUT2D eigenvalue weighted by Gasteiger charge is -2.33. The Balaban J connectivity index is 1.62. The van der Waals surface area contributed by atoms with Crippen molar-refractivity contribution in [3.63, 3.8) is 0 Å². The highest BCUT2D eigenvalue weighted by Crippen LogP contribution is 2.36. The number of hydrogen-bond donors (Lipinski definition) is 1. The quantitative estimate of drug-likeness (QED) is 0.717. The van der Waals surface area contributed by atoms with E-state index in [0.717, 1.165) is 24.1 Å². The van der Waals surface area contributed by atoms with Crippen LogP contribution in [0.4, 0.5) is 32.4 Å². The van der Waals surface area contributed by atoms with Crippen LogP contribution >= 0.6 is 0 Å². The van der Waals surface area contributed by atoms with Gasteiger partial charge in [-0.1, -0.05) is 12.1 Å². The van der Waals surface area contributed by atoms with Crippen LogP contribution in [0.3, 0.4) is 0 Å². The second-order valence-corrected chi connectivity index (χ2v) is 7.21. The molecular weight excluding hydrogens is 421 g/mol. The number of alkyl halides is 3. The lowest BCUT2D eigenvalue weighted by atomic mass is 10.0. The number of hydrogen-bond acceptors (Lipinski definition) is 2. The number of amides is 3. The van der Waals surface area contributed by atoms with Crippen molar-refractivity contribution in [2.24, 2.45) is 0 Å². The van der Waals surface area contributed by atoms with Gasteiger partial charge < -0.3 is 10.2 Å². The fraction of sp³-hybridized carbons (Fsp3) is 0.333. The average molecular weight is 441 g/mol. The molecule has 10 heteroatoms. The molecule has 0 aliphatic carbocycles. The van der Waals surface area contributed by atoms with Crippen LogP contribution in [-0.4, -0.2) is 43.0 Å². The predicted molar refractivity (Wildman–Crippen MR) is 104 cm³/mol. The Morgan fingerprint density at radius 1 is 1.06 bits per heavy atom. The van der Waals surface area contributed by atoms with Crippen LogP contribution < -0.4 is 10.2 Å². The van der Waals surface area contributed by atoms with Crippen LogP contribution in [0, 0.1) is 11.6 Å². The van der Waals surface area contributed by atoms with Gasteiger partial charge in [0.05, 0.1) is 16.8 Å². The molecule has 1 aliphatic rings. The lowest BCUT2D eigenvalue weighted by molar-refractivity contribution is -0.137. The molecule has 1 N–H and O–H groups in total. The van der Waals surface area contributed by atoms with E-state index in [1.54, 1.807) is 6.07 Å². The van der Waals surface area contributed by atoms with Crippen molar-refractivity contribution in [3.05, 3.63) is 65.2 Å². The zero-order chi connectivity index (χ0) is 22.8. The first-order chi connectivity index (χ1) is 14.6. The van der Waals surface area contributed by atoms with E-state index >= 15 is 0 Å². The summed E-state index contributed by atoms with van der Waals surface area (Å²) in [5.41, 5.74) is -1.77. The Morgan fingerprint density at radius 3 is 2.32 bits per heavy atom. The third-order valence-electron chi connectivity index (χ3n) is 5.14. The molecule has 1 fully saturated rings. The highest BCUT2D eigenvalue weighted by molar-refractivity contribution is 5.95. The molecule has 1 heterocycles. The minimum atomic E-state index is -4.83. The molecule has 3 amide bonds. The largest absolute Gasteiger partial charge is 0.418 e. The van der Waals surface area contributed by atoms with E-state index in [0.29, 0.717) is 18.9 Å². The van der Waals surface area contributed by atoms with Gasteiger partial charge in [-0.2, -0.15) is 13.2 Å². The van der Waals surface area contributed by atoms with Crippen molar-refractivity contribution in [1.82, 2.24) is 10.2 Å². The Kier molecular flexibility index (Phi) is 6.47. The molecule has 5 nitrogen and oxygen atoms in total. The summed E-state index contributed by atoms with van der Waals surface area (Å²) in [4.78, 5) is 27.2. The van der Waals surface area contributed by atoms with Gasteiger partial charge in [-0.15, -0.1) is 0 Å². The van der Waals surface area contributed by atoms with Gasteiger partial charge in [-0.25, -0.2) is 13.6 Å². The van der Waals surface area contributed by atoms with Gasteiger partial charge in [0.1, 0.15) is 11.6 Å². The summed E-state index contributed by atoms with van der Waals surface area (Å²) >= 11 is 0. The Labute approximate surface area is 175 Å². The third kappa shape index (κ3) is 5.12. The molecule has 31 heavy (non-hydrogen) atoms. The van der Waals surface area contributed by atoms with Crippen molar-refractivity contribution in [1.29, 1.82) is 0 Å². The van der Waals surface area contributed by atoms with Crippen molar-refractivity contribution >= 4 is 17.6 Å². The number of likely N-dealkylation sites (tertiary alicyclic amines) is 1. The number of rotatable bonds is 3. The van der Waals surface area contributed by atoms with Gasteiger partial charge in [0.2, 0.25) is 0 Å². The van der Waals surface area contributed by atoms with Crippen molar-refractivity contribution < 1.29 is 31.5 Å². The summed E-state index contributed by atoms with van der Waals surface area (Å²) < 4.78 is 66.7. The lowest BCUT2D eigenvalue weighted by Crippen LogP contribution is -2.49. The maximum atomic E-state index is 13.8. The molecule has 0 spiro atoms. The number of urea groups is 1. The molecule has 3 rings (SSSR count). The Bertz CT molecular complexity index is 972. The number of anilines is 1. The van der Waals surface area contributed by atoms with Gasteiger partial charge in [0.25, 0.3) is 5.91 Å². The Morgan fingerprint density at radius 2 is 1.71 bits per heavy atom. The molecule has 0 atom stereocenters. The van der Waals surface area contributed by atoms with Crippen LogP contribution in [0.15, 0.2) is 42.5 Å². The summed E-state index contributed by atoms with van der Waals surface area (Å²) in [6.07, 6.45) is -4.12. The van der Waals surface area contributed by atoms with Crippen molar-refractivity contribution in [2.45, 2.75) is 25.1 Å². The summed E-state index contributed by atoms with van der Waals surface area (Å²) in [5.74, 6) is -2.14. The number of nitrogens with one attached hydrogen (secondary N) is 1. The van der Waals surface area contributed by atoms with E-state index < -0.39 is 41.0 Å². The van der Waals surface area contributed by atoms with Crippen LogP contribution in [0.5, 0.6) is 0 Å². The average Bonchev–Trinajstić information content (AvgIpc) is 2.73. The number of nitrogens with zero attached hydrogens (tertiary/aromatic N) is 2. The smallest absolute Gasteiger partial charge is 0.338 e. The minimum absolute atomic E-state index is 0.0410. The normalized spacial score (nSPS) is 15.0. The molecule has 166 valence electrons. The number of benzene rings is 2. The third-order valence-corrected chi connectivity index (χ3v) is 5.14. The van der Waals surface area contributed by atoms with E-state index in [1.165, 1.54) is 23.1 Å². The molecule has 0 saturated carbocycles. The maximum absolute atomic E-state index is 13.8. The van der Waals surface area contributed by atoms with E-state index in [1.807, 2.05) is 0 Å². The van der Waals surface area contributed by atoms with Crippen LogP contribution in [0.1, 0.15) is 28.8 Å². The second-order valence-electron chi connectivity index (χ2n) is 7.21. The highest BCUT2D eigenvalue weighted by Gasteiger charge is 2.36. The number of piperidine rings is 1. The van der Waals surface area contributed by atoms with Crippen LogP contribution in [-0.2, 0) is 6.18 Å². The first-order valence-electron chi connectivity index (χ1n) is 9.52. The first kappa shape index (κ1) is 22.5. The van der Waals surface area contributed by atoms with Gasteiger partial charge in [0.15, 0.2) is 0 Å². The number of carbonyl (C=O) groups excluding carboxylic acids is 2. The summed E-state index contributed by atoms with van der Waals surface area (Å²) in [6.45, 7) is 0.512. The second kappa shape index (κ2) is 8.91. The van der Waals surface area contributed by atoms with Gasteiger partial charge in [-0.3, -0.25) is 9.69 Å².